The van der Waals surface area contributed by atoms with E-state index in [0.717, 1.165) is 0 Å². The number of nitro benzene ring substituents is 1. The molecule has 0 unspecified atom stereocenters. The number of carbonyl (C=O) groups is 2. The Bertz CT molecular complexity index is 1090. The smallest absolute Gasteiger partial charge is 0.363 e. The molecule has 0 radical (unpaired) electrons. The van der Waals surface area contributed by atoms with Crippen LogP contribution in [0.5, 0.6) is 11.5 Å². The SMILES string of the molecule is COc1cc(/C=C2\N=C(c3cccc([N+](=O)[O-])c3)OC2=O)cc(Br)c1OC(C)=O. The molecule has 29 heavy (non-hydrogen) atoms. The third kappa shape index (κ3) is 4.49. The Hall–Kier alpha value is -3.53. The number of methoxy groups -OCH3 is 1. The molecule has 148 valence electrons. The van der Waals surface area contributed by atoms with Gasteiger partial charge in [-0.3, -0.25) is 14.9 Å². The van der Waals surface area contributed by atoms with Crippen molar-refractivity contribution >= 4 is 45.5 Å². The number of hydrogen-bond donors (Lipinski definition) is 0. The molecule has 10 heteroatoms. The zero-order valence-corrected chi connectivity index (χ0v) is 16.8. The van der Waals surface area contributed by atoms with E-state index in [4.69, 9.17) is 14.2 Å². The molecule has 1 aliphatic rings. The summed E-state index contributed by atoms with van der Waals surface area (Å²) in [5, 5.41) is 10.9. The molecule has 1 aliphatic heterocycles. The summed E-state index contributed by atoms with van der Waals surface area (Å²) in [7, 11) is 1.41. The Morgan fingerprint density at radius 3 is 2.72 bits per heavy atom. The maximum Gasteiger partial charge on any atom is 0.363 e. The highest BCUT2D eigenvalue weighted by Gasteiger charge is 2.25. The minimum atomic E-state index is -0.703. The lowest BCUT2D eigenvalue weighted by Gasteiger charge is -2.11. The highest BCUT2D eigenvalue weighted by atomic mass is 79.9. The van der Waals surface area contributed by atoms with Gasteiger partial charge in [-0.25, -0.2) is 9.79 Å². The Morgan fingerprint density at radius 1 is 1.31 bits per heavy atom. The number of hydrogen-bond acceptors (Lipinski definition) is 8. The number of non-ortho nitro benzene ring substituents is 1. The number of benzene rings is 2. The summed E-state index contributed by atoms with van der Waals surface area (Å²) in [4.78, 5) is 37.9. The maximum absolute atomic E-state index is 12.2. The van der Waals surface area contributed by atoms with Gasteiger partial charge in [-0.05, 0) is 45.8 Å². The van der Waals surface area contributed by atoms with Crippen molar-refractivity contribution in [2.24, 2.45) is 4.99 Å². The molecule has 0 bridgehead atoms. The third-order valence-electron chi connectivity index (χ3n) is 3.73. The van der Waals surface area contributed by atoms with Crippen molar-refractivity contribution in [1.82, 2.24) is 0 Å². The van der Waals surface area contributed by atoms with Gasteiger partial charge < -0.3 is 14.2 Å². The lowest BCUT2D eigenvalue weighted by atomic mass is 10.1. The summed E-state index contributed by atoms with van der Waals surface area (Å²) in [5.74, 6) is -0.772. The van der Waals surface area contributed by atoms with Crippen molar-refractivity contribution in [3.05, 3.63) is 67.8 Å². The van der Waals surface area contributed by atoms with E-state index >= 15 is 0 Å². The van der Waals surface area contributed by atoms with E-state index in [-0.39, 0.29) is 28.8 Å². The summed E-state index contributed by atoms with van der Waals surface area (Å²) in [6, 6.07) is 8.79. The zero-order chi connectivity index (χ0) is 21.1. The van der Waals surface area contributed by atoms with Crippen LogP contribution in [0.2, 0.25) is 0 Å². The topological polar surface area (TPSA) is 117 Å². The van der Waals surface area contributed by atoms with E-state index in [1.54, 1.807) is 18.2 Å². The van der Waals surface area contributed by atoms with Crippen LogP contribution in [0.15, 0.2) is 51.6 Å². The van der Waals surface area contributed by atoms with Gasteiger partial charge in [-0.15, -0.1) is 0 Å². The van der Waals surface area contributed by atoms with Crippen molar-refractivity contribution in [1.29, 1.82) is 0 Å². The van der Waals surface area contributed by atoms with E-state index in [2.05, 4.69) is 20.9 Å². The Balaban J connectivity index is 1.97. The molecule has 0 saturated heterocycles. The predicted octanol–water partition coefficient (Wildman–Crippen LogP) is 3.64. The number of aliphatic imine (C=N–C) groups is 1. The number of nitrogens with zero attached hydrogens (tertiary/aromatic N) is 2. The van der Waals surface area contributed by atoms with Gasteiger partial charge in [0, 0.05) is 24.6 Å². The molecule has 0 atom stereocenters. The molecule has 1 heterocycles. The molecular formula is C19H13BrN2O7. The lowest BCUT2D eigenvalue weighted by Crippen LogP contribution is -2.06. The summed E-state index contributed by atoms with van der Waals surface area (Å²) < 4.78 is 15.9. The van der Waals surface area contributed by atoms with E-state index in [1.165, 1.54) is 38.3 Å². The molecule has 0 fully saturated rings. The fraction of sp³-hybridized carbons (Fsp3) is 0.105. The van der Waals surface area contributed by atoms with Crippen molar-refractivity contribution < 1.29 is 28.7 Å². The molecule has 0 saturated carbocycles. The molecular weight excluding hydrogens is 448 g/mol. The van der Waals surface area contributed by atoms with Crippen molar-refractivity contribution in [2.75, 3.05) is 7.11 Å². The number of cyclic esters (lactones) is 1. The number of nitro groups is 1. The van der Waals surface area contributed by atoms with Crippen molar-refractivity contribution in [3.8, 4) is 11.5 Å². The number of rotatable bonds is 5. The number of carbonyl (C=O) groups excluding carboxylic acids is 2. The lowest BCUT2D eigenvalue weighted by molar-refractivity contribution is -0.384. The minimum Gasteiger partial charge on any atom is -0.493 e. The molecule has 0 amide bonds. The summed E-state index contributed by atoms with van der Waals surface area (Å²) in [6.07, 6.45) is 1.46. The first kappa shape index (κ1) is 20.2. The van der Waals surface area contributed by atoms with E-state index in [9.17, 15) is 19.7 Å². The van der Waals surface area contributed by atoms with Crippen LogP contribution in [0.25, 0.3) is 6.08 Å². The van der Waals surface area contributed by atoms with E-state index in [0.29, 0.717) is 15.6 Å². The van der Waals surface area contributed by atoms with Crippen LogP contribution in [-0.2, 0) is 14.3 Å². The molecule has 0 aliphatic carbocycles. The highest BCUT2D eigenvalue weighted by Crippen LogP contribution is 2.37. The Kier molecular flexibility index (Phi) is 5.74. The van der Waals surface area contributed by atoms with Gasteiger partial charge in [-0.1, -0.05) is 6.07 Å². The van der Waals surface area contributed by atoms with Gasteiger partial charge in [0.15, 0.2) is 17.2 Å². The van der Waals surface area contributed by atoms with Crippen LogP contribution in [0, 0.1) is 10.1 Å². The van der Waals surface area contributed by atoms with E-state index < -0.39 is 16.9 Å². The Morgan fingerprint density at radius 2 is 2.07 bits per heavy atom. The molecule has 2 aromatic rings. The van der Waals surface area contributed by atoms with Crippen LogP contribution in [-0.4, -0.2) is 29.9 Å². The monoisotopic (exact) mass is 460 g/mol. The number of halogens is 1. The second-order valence-corrected chi connectivity index (χ2v) is 6.63. The van der Waals surface area contributed by atoms with Crippen LogP contribution < -0.4 is 9.47 Å². The molecule has 0 N–H and O–H groups in total. The largest absolute Gasteiger partial charge is 0.493 e. The third-order valence-corrected chi connectivity index (χ3v) is 4.31. The first-order chi connectivity index (χ1) is 13.8. The summed E-state index contributed by atoms with van der Waals surface area (Å²) in [5.41, 5.74) is 0.689. The zero-order valence-electron chi connectivity index (χ0n) is 15.2. The quantitative estimate of drug-likeness (QED) is 0.219. The Labute approximate surface area is 172 Å². The van der Waals surface area contributed by atoms with E-state index in [1.807, 2.05) is 0 Å². The molecule has 0 spiro atoms. The predicted molar refractivity (Wildman–Crippen MR) is 106 cm³/mol. The molecule has 9 nitrogen and oxygen atoms in total. The molecule has 3 rings (SSSR count). The van der Waals surface area contributed by atoms with Crippen LogP contribution in [0.4, 0.5) is 5.69 Å². The first-order valence-corrected chi connectivity index (χ1v) is 8.91. The molecule has 0 aromatic heterocycles. The molecule has 2 aromatic carbocycles. The maximum atomic E-state index is 12.2. The van der Waals surface area contributed by atoms with Crippen LogP contribution in [0.3, 0.4) is 0 Å². The second-order valence-electron chi connectivity index (χ2n) is 5.77. The first-order valence-electron chi connectivity index (χ1n) is 8.12. The standard InChI is InChI=1S/C19H13BrN2O7/c1-10(23)28-17-14(20)6-11(8-16(17)27-2)7-15-19(24)29-18(21-15)12-4-3-5-13(9-12)22(25)26/h3-9H,1-2H3/b15-7-. The summed E-state index contributed by atoms with van der Waals surface area (Å²) >= 11 is 3.30. The average Bonchev–Trinajstić information content (AvgIpc) is 3.04. The van der Waals surface area contributed by atoms with Gasteiger partial charge in [0.05, 0.1) is 16.5 Å². The van der Waals surface area contributed by atoms with Gasteiger partial charge in [0.1, 0.15) is 0 Å². The highest BCUT2D eigenvalue weighted by molar-refractivity contribution is 9.10. The van der Waals surface area contributed by atoms with Gasteiger partial charge in [0.25, 0.3) is 5.69 Å². The average molecular weight is 461 g/mol. The normalized spacial score (nSPS) is 14.4. The van der Waals surface area contributed by atoms with Gasteiger partial charge >= 0.3 is 11.9 Å². The summed E-state index contributed by atoms with van der Waals surface area (Å²) in [6.45, 7) is 1.26. The minimum absolute atomic E-state index is 0.000644. The van der Waals surface area contributed by atoms with Crippen LogP contribution in [0.1, 0.15) is 18.1 Å². The fourth-order valence-electron chi connectivity index (χ4n) is 2.51. The number of esters is 2. The second kappa shape index (κ2) is 8.23. The van der Waals surface area contributed by atoms with Gasteiger partial charge in [0.2, 0.25) is 5.90 Å². The number of ether oxygens (including phenoxy) is 3. The fourth-order valence-corrected chi connectivity index (χ4v) is 3.05. The van der Waals surface area contributed by atoms with Gasteiger partial charge in [-0.2, -0.15) is 0 Å². The van der Waals surface area contributed by atoms with Crippen LogP contribution >= 0.6 is 15.9 Å². The van der Waals surface area contributed by atoms with Crippen molar-refractivity contribution in [2.45, 2.75) is 6.92 Å². The van der Waals surface area contributed by atoms with Crippen molar-refractivity contribution in [3.63, 3.8) is 0 Å².